The minimum absolute atomic E-state index is 0.750. The topological polar surface area (TPSA) is 20.2 Å². The quantitative estimate of drug-likeness (QED) is 0.564. The molecule has 0 radical (unpaired) electrons. The number of hydrogen-bond donors (Lipinski definition) is 1. The molecular formula is C10H14O. The van der Waals surface area contributed by atoms with Crippen LogP contribution < -0.4 is 0 Å². The number of hydrogen-bond acceptors (Lipinski definition) is 1. The van der Waals surface area contributed by atoms with Crippen LogP contribution in [0.2, 0.25) is 0 Å². The van der Waals surface area contributed by atoms with Gasteiger partial charge in [-0.3, -0.25) is 0 Å². The summed E-state index contributed by atoms with van der Waals surface area (Å²) in [7, 11) is 0. The van der Waals surface area contributed by atoms with E-state index >= 15 is 0 Å². The highest BCUT2D eigenvalue weighted by Gasteiger charge is 1.79. The first-order chi connectivity index (χ1) is 5.20. The molecule has 1 nitrogen and oxygen atoms in total. The van der Waals surface area contributed by atoms with E-state index in [0.29, 0.717) is 0 Å². The molecule has 1 aromatic rings. The second-order valence-electron chi connectivity index (χ2n) is 2.34. The van der Waals surface area contributed by atoms with Gasteiger partial charge in [0.05, 0.1) is 6.26 Å². The predicted octanol–water partition coefficient (Wildman–Crippen LogP) is 2.99. The van der Waals surface area contributed by atoms with Gasteiger partial charge in [-0.25, -0.2) is 0 Å². The summed E-state index contributed by atoms with van der Waals surface area (Å²) in [6.07, 6.45) is 0.750. The van der Waals surface area contributed by atoms with E-state index in [2.05, 4.69) is 44.7 Å². The van der Waals surface area contributed by atoms with Crippen LogP contribution in [-0.2, 0) is 0 Å². The fourth-order valence-electron chi connectivity index (χ4n) is 0.637. The third-order valence-corrected chi connectivity index (χ3v) is 1.22. The van der Waals surface area contributed by atoms with E-state index in [1.54, 1.807) is 0 Å². The molecule has 0 bridgehead atoms. The van der Waals surface area contributed by atoms with E-state index in [0.717, 1.165) is 6.26 Å². The Bertz CT molecular complexity index is 178. The zero-order chi connectivity index (χ0) is 8.69. The van der Waals surface area contributed by atoms with Gasteiger partial charge in [-0.05, 0) is 13.8 Å². The standard InChI is InChI=1S/C8H10.C2H4O/c1-7-3-5-8(2)6-4-7;1-2-3/h3-6H,1-2H3;2-3H,1H2. The molecule has 0 saturated heterocycles. The van der Waals surface area contributed by atoms with Crippen molar-refractivity contribution >= 4 is 0 Å². The second-order valence-corrected chi connectivity index (χ2v) is 2.34. The van der Waals surface area contributed by atoms with E-state index in [-0.39, 0.29) is 0 Å². The van der Waals surface area contributed by atoms with E-state index in [9.17, 15) is 0 Å². The zero-order valence-corrected chi connectivity index (χ0v) is 7.04. The maximum absolute atomic E-state index is 7.33. The van der Waals surface area contributed by atoms with E-state index < -0.39 is 0 Å². The van der Waals surface area contributed by atoms with Crippen molar-refractivity contribution in [3.8, 4) is 0 Å². The number of aliphatic hydroxyl groups is 1. The van der Waals surface area contributed by atoms with Gasteiger partial charge >= 0.3 is 0 Å². The van der Waals surface area contributed by atoms with Crippen molar-refractivity contribution in [3.63, 3.8) is 0 Å². The summed E-state index contributed by atoms with van der Waals surface area (Å²) in [6, 6.07) is 8.48. The third-order valence-electron chi connectivity index (χ3n) is 1.22. The molecule has 1 rings (SSSR count). The maximum atomic E-state index is 7.33. The molecule has 60 valence electrons. The first-order valence-corrected chi connectivity index (χ1v) is 3.49. The lowest BCUT2D eigenvalue weighted by Gasteiger charge is -1.90. The van der Waals surface area contributed by atoms with Crippen LogP contribution in [0.1, 0.15) is 11.1 Å². The molecule has 1 aromatic carbocycles. The van der Waals surface area contributed by atoms with Crippen LogP contribution in [0.4, 0.5) is 0 Å². The van der Waals surface area contributed by atoms with Crippen LogP contribution in [-0.4, -0.2) is 5.11 Å². The monoisotopic (exact) mass is 150 g/mol. The molecular weight excluding hydrogens is 136 g/mol. The fourth-order valence-corrected chi connectivity index (χ4v) is 0.637. The Hall–Kier alpha value is -1.24. The Morgan fingerprint density at radius 1 is 1.09 bits per heavy atom. The lowest BCUT2D eigenvalue weighted by molar-refractivity contribution is 0.476. The minimum Gasteiger partial charge on any atom is -0.516 e. The number of aryl methyl sites for hydroxylation is 2. The van der Waals surface area contributed by atoms with Crippen molar-refractivity contribution in [2.45, 2.75) is 13.8 Å². The molecule has 0 fully saturated rings. The molecule has 0 spiro atoms. The molecule has 0 aliphatic heterocycles. The smallest absolute Gasteiger partial charge is 0.0719 e. The SMILES string of the molecule is C=CO.Cc1ccc(C)cc1. The van der Waals surface area contributed by atoms with E-state index in [4.69, 9.17) is 5.11 Å². The summed E-state index contributed by atoms with van der Waals surface area (Å²) in [5.41, 5.74) is 2.66. The van der Waals surface area contributed by atoms with Crippen molar-refractivity contribution < 1.29 is 5.11 Å². The normalized spacial score (nSPS) is 7.82. The first-order valence-electron chi connectivity index (χ1n) is 3.49. The molecule has 0 aromatic heterocycles. The summed E-state index contributed by atoms with van der Waals surface area (Å²) in [5, 5.41) is 7.33. The van der Waals surface area contributed by atoms with Crippen molar-refractivity contribution in [2.75, 3.05) is 0 Å². The van der Waals surface area contributed by atoms with Crippen LogP contribution in [0, 0.1) is 13.8 Å². The molecule has 11 heavy (non-hydrogen) atoms. The molecule has 0 unspecified atom stereocenters. The van der Waals surface area contributed by atoms with Crippen LogP contribution in [0.25, 0.3) is 0 Å². The molecule has 0 saturated carbocycles. The molecule has 0 amide bonds. The van der Waals surface area contributed by atoms with E-state index in [1.807, 2.05) is 0 Å². The van der Waals surface area contributed by atoms with Crippen LogP contribution in [0.15, 0.2) is 37.1 Å². The van der Waals surface area contributed by atoms with Crippen LogP contribution in [0.5, 0.6) is 0 Å². The molecule has 0 aliphatic rings. The zero-order valence-electron chi connectivity index (χ0n) is 7.04. The Morgan fingerprint density at radius 3 is 1.45 bits per heavy atom. The van der Waals surface area contributed by atoms with Gasteiger partial charge < -0.3 is 5.11 Å². The van der Waals surface area contributed by atoms with Gasteiger partial charge in [0.2, 0.25) is 0 Å². The van der Waals surface area contributed by atoms with E-state index in [1.165, 1.54) is 11.1 Å². The summed E-state index contributed by atoms with van der Waals surface area (Å²) < 4.78 is 0. The van der Waals surface area contributed by atoms with Gasteiger partial charge in [0, 0.05) is 0 Å². The molecule has 0 aliphatic carbocycles. The van der Waals surface area contributed by atoms with Crippen LogP contribution in [0.3, 0.4) is 0 Å². The number of aliphatic hydroxyl groups excluding tert-OH is 1. The maximum Gasteiger partial charge on any atom is 0.0719 e. The summed E-state index contributed by atoms with van der Waals surface area (Å²) in [4.78, 5) is 0. The van der Waals surface area contributed by atoms with Gasteiger partial charge in [-0.15, -0.1) is 0 Å². The predicted molar refractivity (Wildman–Crippen MR) is 48.7 cm³/mol. The van der Waals surface area contributed by atoms with Crippen LogP contribution >= 0.6 is 0 Å². The summed E-state index contributed by atoms with van der Waals surface area (Å²) in [6.45, 7) is 7.11. The summed E-state index contributed by atoms with van der Waals surface area (Å²) in [5.74, 6) is 0. The fraction of sp³-hybridized carbons (Fsp3) is 0.200. The Balaban J connectivity index is 0.000000292. The average molecular weight is 150 g/mol. The Kier molecular flexibility index (Phi) is 4.91. The summed E-state index contributed by atoms with van der Waals surface area (Å²) >= 11 is 0. The van der Waals surface area contributed by atoms with Gasteiger partial charge in [-0.2, -0.15) is 0 Å². The van der Waals surface area contributed by atoms with Gasteiger partial charge in [0.1, 0.15) is 0 Å². The molecule has 1 heteroatoms. The van der Waals surface area contributed by atoms with Gasteiger partial charge in [0.25, 0.3) is 0 Å². The Labute approximate surface area is 68.0 Å². The van der Waals surface area contributed by atoms with Gasteiger partial charge in [-0.1, -0.05) is 42.0 Å². The molecule has 0 heterocycles. The highest BCUT2D eigenvalue weighted by atomic mass is 16.2. The van der Waals surface area contributed by atoms with Gasteiger partial charge in [0.15, 0.2) is 0 Å². The van der Waals surface area contributed by atoms with Crippen molar-refractivity contribution in [1.29, 1.82) is 0 Å². The second kappa shape index (κ2) is 5.54. The van der Waals surface area contributed by atoms with Crippen molar-refractivity contribution in [2.24, 2.45) is 0 Å². The molecule has 0 atom stereocenters. The lowest BCUT2D eigenvalue weighted by atomic mass is 10.2. The van der Waals surface area contributed by atoms with Crippen molar-refractivity contribution in [1.82, 2.24) is 0 Å². The minimum atomic E-state index is 0.750. The number of rotatable bonds is 0. The first kappa shape index (κ1) is 9.76. The number of benzene rings is 1. The Morgan fingerprint density at radius 2 is 1.27 bits per heavy atom. The third kappa shape index (κ3) is 5.22. The largest absolute Gasteiger partial charge is 0.516 e. The highest BCUT2D eigenvalue weighted by Crippen LogP contribution is 1.99. The highest BCUT2D eigenvalue weighted by molar-refractivity contribution is 5.19. The lowest BCUT2D eigenvalue weighted by Crippen LogP contribution is -1.70. The van der Waals surface area contributed by atoms with Crippen molar-refractivity contribution in [3.05, 3.63) is 48.2 Å². The average Bonchev–Trinajstić information content (AvgIpc) is 1.97. The molecule has 1 N–H and O–H groups in total.